The lowest BCUT2D eigenvalue weighted by atomic mass is 10.0. The van der Waals surface area contributed by atoms with Crippen LogP contribution >= 0.6 is 0 Å². The molecule has 33 heavy (non-hydrogen) atoms. The van der Waals surface area contributed by atoms with Gasteiger partial charge in [0.2, 0.25) is 5.43 Å². The minimum atomic E-state index is -0.863. The van der Waals surface area contributed by atoms with Crippen LogP contribution in [0.4, 0.5) is 0 Å². The van der Waals surface area contributed by atoms with Crippen LogP contribution < -0.4 is 10.2 Å². The van der Waals surface area contributed by atoms with Gasteiger partial charge in [0, 0.05) is 23.9 Å². The van der Waals surface area contributed by atoms with Crippen LogP contribution in [0.25, 0.3) is 11.3 Å². The van der Waals surface area contributed by atoms with Crippen LogP contribution in [0.2, 0.25) is 0 Å². The molecule has 2 aromatic carbocycles. The van der Waals surface area contributed by atoms with E-state index in [2.05, 4.69) is 0 Å². The predicted molar refractivity (Wildman–Crippen MR) is 131 cm³/mol. The first kappa shape index (κ1) is 22.1. The molecule has 2 N–H and O–H groups in total. The third kappa shape index (κ3) is 5.22. The molecule has 0 bridgehead atoms. The van der Waals surface area contributed by atoms with Crippen molar-refractivity contribution in [1.82, 2.24) is 4.57 Å². The normalized spacial score (nSPS) is 14.1. The summed E-state index contributed by atoms with van der Waals surface area (Å²) in [6.07, 6.45) is 12.4. The van der Waals surface area contributed by atoms with Crippen LogP contribution in [0.5, 0.6) is 11.5 Å². The Morgan fingerprint density at radius 3 is 2.61 bits per heavy atom. The minimum absolute atomic E-state index is 0.175. The van der Waals surface area contributed by atoms with Crippen molar-refractivity contribution in [1.29, 1.82) is 0 Å². The summed E-state index contributed by atoms with van der Waals surface area (Å²) in [5.41, 5.74) is 3.52. The first-order chi connectivity index (χ1) is 16.0. The summed E-state index contributed by atoms with van der Waals surface area (Å²) in [6.45, 7) is 0. The Morgan fingerprint density at radius 1 is 1.00 bits per heavy atom. The number of hydrogen-bond acceptors (Lipinski definition) is 4. The van der Waals surface area contributed by atoms with E-state index >= 15 is 0 Å². The van der Waals surface area contributed by atoms with E-state index in [1.54, 1.807) is 17.7 Å². The molecule has 0 saturated heterocycles. The van der Waals surface area contributed by atoms with Crippen LogP contribution in [0.3, 0.4) is 0 Å². The predicted octanol–water partition coefficient (Wildman–Crippen LogP) is 4.89. The molecular formula is C28H25NO4. The van der Waals surface area contributed by atoms with Gasteiger partial charge in [0.1, 0.15) is 5.75 Å². The van der Waals surface area contributed by atoms with Crippen LogP contribution in [-0.2, 0) is 6.42 Å². The van der Waals surface area contributed by atoms with Gasteiger partial charge in [-0.05, 0) is 41.0 Å². The maximum absolute atomic E-state index is 12.3. The molecule has 5 heteroatoms. The number of aromatic hydroxyl groups is 1. The van der Waals surface area contributed by atoms with Crippen LogP contribution in [0.15, 0.2) is 108 Å². The van der Waals surface area contributed by atoms with Gasteiger partial charge in [0.15, 0.2) is 5.75 Å². The second kappa shape index (κ2) is 10.0. The smallest absolute Gasteiger partial charge is 0.223 e. The molecule has 1 unspecified atom stereocenters. The Bertz CT molecular complexity index is 1310. The zero-order valence-electron chi connectivity index (χ0n) is 18.3. The van der Waals surface area contributed by atoms with Gasteiger partial charge in [-0.2, -0.15) is 0 Å². The molecule has 0 radical (unpaired) electrons. The largest absolute Gasteiger partial charge is 0.503 e. The van der Waals surface area contributed by atoms with Crippen molar-refractivity contribution in [2.24, 2.45) is 0 Å². The average molecular weight is 440 g/mol. The first-order valence-corrected chi connectivity index (χ1v) is 10.6. The summed E-state index contributed by atoms with van der Waals surface area (Å²) < 4.78 is 7.00. The molecule has 0 spiro atoms. The highest BCUT2D eigenvalue weighted by Gasteiger charge is 2.16. The van der Waals surface area contributed by atoms with Crippen molar-refractivity contribution >= 4 is 11.3 Å². The molecule has 1 aliphatic carbocycles. The number of methoxy groups -OCH3 is 1. The third-order valence-corrected chi connectivity index (χ3v) is 5.45. The lowest BCUT2D eigenvalue weighted by Gasteiger charge is -2.19. The van der Waals surface area contributed by atoms with Gasteiger partial charge < -0.3 is 19.5 Å². The number of benzene rings is 2. The molecule has 166 valence electrons. The van der Waals surface area contributed by atoms with Crippen molar-refractivity contribution in [3.63, 3.8) is 0 Å². The summed E-state index contributed by atoms with van der Waals surface area (Å²) in [5, 5.41) is 21.1. The van der Waals surface area contributed by atoms with Gasteiger partial charge in [-0.25, -0.2) is 0 Å². The molecule has 0 fully saturated rings. The number of pyridine rings is 1. The molecule has 0 amide bonds. The highest BCUT2D eigenvalue weighted by Crippen LogP contribution is 2.27. The van der Waals surface area contributed by atoms with Crippen molar-refractivity contribution in [2.45, 2.75) is 12.5 Å². The maximum atomic E-state index is 12.3. The minimum Gasteiger partial charge on any atom is -0.503 e. The van der Waals surface area contributed by atoms with Gasteiger partial charge >= 0.3 is 0 Å². The number of hydrogen-bond donors (Lipinski definition) is 2. The number of nitrogens with zero attached hydrogens (tertiary/aromatic N) is 1. The Kier molecular flexibility index (Phi) is 6.72. The van der Waals surface area contributed by atoms with E-state index in [1.807, 2.05) is 85.0 Å². The van der Waals surface area contributed by atoms with Gasteiger partial charge in [-0.15, -0.1) is 0 Å². The van der Waals surface area contributed by atoms with E-state index in [4.69, 9.17) is 4.74 Å². The second-order valence-corrected chi connectivity index (χ2v) is 7.68. The van der Waals surface area contributed by atoms with Crippen LogP contribution in [0, 0.1) is 0 Å². The summed E-state index contributed by atoms with van der Waals surface area (Å²) in [4.78, 5) is 12.3. The summed E-state index contributed by atoms with van der Waals surface area (Å²) >= 11 is 0. The molecular weight excluding hydrogens is 414 g/mol. The highest BCUT2D eigenvalue weighted by molar-refractivity contribution is 5.83. The van der Waals surface area contributed by atoms with Gasteiger partial charge in [0.05, 0.1) is 19.4 Å². The Morgan fingerprint density at radius 2 is 1.82 bits per heavy atom. The molecule has 1 aliphatic rings. The molecule has 1 atom stereocenters. The van der Waals surface area contributed by atoms with Gasteiger partial charge in [0.25, 0.3) is 0 Å². The van der Waals surface area contributed by atoms with E-state index in [9.17, 15) is 15.0 Å². The van der Waals surface area contributed by atoms with Crippen molar-refractivity contribution < 1.29 is 14.9 Å². The SMILES string of the molecule is COc1cccc(C(O)Cc2cc(=O)c(O)cn2C2=CC(c3ccccc3)=CC=CC=C2)c1. The Balaban J connectivity index is 1.77. The van der Waals surface area contributed by atoms with Crippen molar-refractivity contribution in [3.8, 4) is 11.5 Å². The Labute approximate surface area is 192 Å². The molecule has 0 aliphatic heterocycles. The summed E-state index contributed by atoms with van der Waals surface area (Å²) in [7, 11) is 1.57. The van der Waals surface area contributed by atoms with E-state index in [1.165, 1.54) is 12.3 Å². The quantitative estimate of drug-likeness (QED) is 0.574. The molecule has 1 aromatic heterocycles. The molecule has 5 nitrogen and oxygen atoms in total. The number of aliphatic hydroxyl groups is 1. The lowest BCUT2D eigenvalue weighted by molar-refractivity contribution is 0.176. The third-order valence-electron chi connectivity index (χ3n) is 5.45. The van der Waals surface area contributed by atoms with E-state index < -0.39 is 11.5 Å². The fourth-order valence-electron chi connectivity index (χ4n) is 3.72. The summed E-state index contributed by atoms with van der Waals surface area (Å²) in [6, 6.07) is 18.5. The number of aromatic nitrogens is 1. The van der Waals surface area contributed by atoms with Crippen LogP contribution in [-0.4, -0.2) is 21.9 Å². The van der Waals surface area contributed by atoms with Gasteiger partial charge in [-0.1, -0.05) is 66.8 Å². The number of rotatable bonds is 6. The average Bonchev–Trinajstić information content (AvgIpc) is 2.82. The monoisotopic (exact) mass is 439 g/mol. The van der Waals surface area contributed by atoms with E-state index in [0.717, 1.165) is 16.8 Å². The lowest BCUT2D eigenvalue weighted by Crippen LogP contribution is -2.15. The number of aliphatic hydroxyl groups excluding tert-OH is 1. The number of ether oxygens (including phenoxy) is 1. The van der Waals surface area contributed by atoms with Gasteiger partial charge in [-0.3, -0.25) is 4.79 Å². The topological polar surface area (TPSA) is 71.7 Å². The molecule has 3 aromatic rings. The Hall–Kier alpha value is -4.09. The maximum Gasteiger partial charge on any atom is 0.223 e. The standard InChI is InChI=1S/C28H25NO4/c1-33-25-14-8-12-22(16-25)26(30)17-24-18-27(31)28(32)19-29(24)23-13-7-3-6-11-21(15-23)20-9-4-2-5-10-20/h2-16,18-19,26,30,32H,17H2,1H3. The zero-order valence-corrected chi connectivity index (χ0v) is 18.3. The second-order valence-electron chi connectivity index (χ2n) is 7.68. The van der Waals surface area contributed by atoms with Crippen molar-refractivity contribution in [2.75, 3.05) is 7.11 Å². The fraction of sp³-hybridized carbons (Fsp3) is 0.107. The van der Waals surface area contributed by atoms with E-state index in [-0.39, 0.29) is 12.2 Å². The fourth-order valence-corrected chi connectivity index (χ4v) is 3.72. The zero-order chi connectivity index (χ0) is 23.2. The molecule has 1 heterocycles. The molecule has 4 rings (SSSR count). The number of allylic oxidation sites excluding steroid dienone is 8. The first-order valence-electron chi connectivity index (χ1n) is 10.6. The van der Waals surface area contributed by atoms with Crippen molar-refractivity contribution in [3.05, 3.63) is 130 Å². The highest BCUT2D eigenvalue weighted by atomic mass is 16.5. The van der Waals surface area contributed by atoms with Crippen LogP contribution in [0.1, 0.15) is 22.9 Å². The van der Waals surface area contributed by atoms with E-state index in [0.29, 0.717) is 17.0 Å². The summed E-state index contributed by atoms with van der Waals surface area (Å²) in [5.74, 6) is 0.288. The molecule has 0 saturated carbocycles.